The highest BCUT2D eigenvalue weighted by Crippen LogP contribution is 2.26. The minimum Gasteiger partial charge on any atom is -0.381 e. The van der Waals surface area contributed by atoms with Gasteiger partial charge in [0.2, 0.25) is 10.1 Å². The average Bonchev–Trinajstić information content (AvgIpc) is 3.46. The van der Waals surface area contributed by atoms with Gasteiger partial charge in [-0.15, -0.1) is 5.10 Å². The lowest BCUT2D eigenvalue weighted by Gasteiger charge is -2.37. The number of morpholine rings is 1. The maximum absolute atomic E-state index is 5.66. The molecule has 0 radical (unpaired) electrons. The summed E-state index contributed by atoms with van der Waals surface area (Å²) in [6.45, 7) is 6.21. The molecule has 2 saturated heterocycles. The first-order chi connectivity index (χ1) is 13.9. The van der Waals surface area contributed by atoms with E-state index in [4.69, 9.17) is 14.5 Å². The van der Waals surface area contributed by atoms with Gasteiger partial charge in [0.05, 0.1) is 31.7 Å². The Kier molecular flexibility index (Phi) is 5.26. The second-order valence-electron chi connectivity index (χ2n) is 7.35. The number of imidazole rings is 1. The van der Waals surface area contributed by atoms with Gasteiger partial charge in [0.1, 0.15) is 0 Å². The molecule has 0 unspecified atom stereocenters. The fraction of sp³-hybridized carbons (Fsp3) is 0.500. The molecule has 1 aromatic carbocycles. The maximum atomic E-state index is 5.66. The van der Waals surface area contributed by atoms with Crippen molar-refractivity contribution in [3.8, 4) is 11.3 Å². The van der Waals surface area contributed by atoms with Crippen LogP contribution in [0.4, 0.5) is 5.13 Å². The van der Waals surface area contributed by atoms with Gasteiger partial charge >= 0.3 is 0 Å². The monoisotopic (exact) mass is 399 g/mol. The number of benzene rings is 1. The van der Waals surface area contributed by atoms with Crippen LogP contribution in [-0.2, 0) is 9.47 Å². The van der Waals surface area contributed by atoms with E-state index in [2.05, 4.69) is 27.4 Å². The molecule has 0 bridgehead atoms. The molecule has 4 heterocycles. The van der Waals surface area contributed by atoms with Crippen molar-refractivity contribution in [2.45, 2.75) is 12.5 Å². The highest BCUT2D eigenvalue weighted by Gasteiger charge is 2.31. The quantitative estimate of drug-likeness (QED) is 0.687. The molecule has 2 fully saturated rings. The first-order valence-corrected chi connectivity index (χ1v) is 10.7. The number of aromatic nitrogens is 3. The second-order valence-corrected chi connectivity index (χ2v) is 8.30. The molecule has 3 aromatic rings. The van der Waals surface area contributed by atoms with E-state index in [9.17, 15) is 0 Å². The molecule has 7 nitrogen and oxygen atoms in total. The molecule has 2 atom stereocenters. The van der Waals surface area contributed by atoms with Crippen molar-refractivity contribution in [2.24, 2.45) is 5.92 Å². The van der Waals surface area contributed by atoms with Gasteiger partial charge in [0.25, 0.3) is 0 Å². The van der Waals surface area contributed by atoms with Crippen LogP contribution in [-0.4, -0.2) is 71.6 Å². The van der Waals surface area contributed by atoms with E-state index < -0.39 is 0 Å². The highest BCUT2D eigenvalue weighted by atomic mass is 32.1. The van der Waals surface area contributed by atoms with Crippen LogP contribution in [0.25, 0.3) is 16.2 Å². The summed E-state index contributed by atoms with van der Waals surface area (Å²) in [6.07, 6.45) is 3.13. The molecule has 2 aliphatic rings. The minimum atomic E-state index is 0.447. The molecule has 28 heavy (non-hydrogen) atoms. The molecule has 0 saturated carbocycles. The fourth-order valence-corrected chi connectivity index (χ4v) is 4.86. The van der Waals surface area contributed by atoms with E-state index in [0.29, 0.717) is 12.0 Å². The number of hydrogen-bond donors (Lipinski definition) is 1. The first kappa shape index (κ1) is 18.1. The van der Waals surface area contributed by atoms with Crippen LogP contribution in [0, 0.1) is 5.92 Å². The summed E-state index contributed by atoms with van der Waals surface area (Å²) < 4.78 is 13.1. The fourth-order valence-electron chi connectivity index (χ4n) is 4.07. The summed E-state index contributed by atoms with van der Waals surface area (Å²) >= 11 is 1.60. The van der Waals surface area contributed by atoms with Crippen molar-refractivity contribution in [3.05, 3.63) is 36.5 Å². The number of nitrogens with one attached hydrogen (secondary N) is 1. The van der Waals surface area contributed by atoms with E-state index in [1.165, 1.54) is 0 Å². The Labute approximate surface area is 168 Å². The van der Waals surface area contributed by atoms with Crippen molar-refractivity contribution < 1.29 is 9.47 Å². The van der Waals surface area contributed by atoms with Gasteiger partial charge < -0.3 is 14.8 Å². The van der Waals surface area contributed by atoms with Crippen LogP contribution < -0.4 is 5.32 Å². The lowest BCUT2D eigenvalue weighted by atomic mass is 9.97. The van der Waals surface area contributed by atoms with Crippen LogP contribution in [0.3, 0.4) is 0 Å². The molecule has 8 heteroatoms. The summed E-state index contributed by atoms with van der Waals surface area (Å²) in [6, 6.07) is 10.7. The van der Waals surface area contributed by atoms with Crippen molar-refractivity contribution in [1.82, 2.24) is 19.5 Å². The Morgan fingerprint density at radius 1 is 1.14 bits per heavy atom. The van der Waals surface area contributed by atoms with Gasteiger partial charge in [-0.1, -0.05) is 41.7 Å². The Morgan fingerprint density at radius 2 is 2.00 bits per heavy atom. The summed E-state index contributed by atoms with van der Waals surface area (Å²) in [5.41, 5.74) is 2.07. The third-order valence-corrected chi connectivity index (χ3v) is 6.48. The zero-order chi connectivity index (χ0) is 18.8. The van der Waals surface area contributed by atoms with Crippen molar-refractivity contribution in [1.29, 1.82) is 0 Å². The second kappa shape index (κ2) is 8.16. The normalized spacial score (nSPS) is 21.9. The Bertz CT molecular complexity index is 868. The van der Waals surface area contributed by atoms with Crippen LogP contribution in [0.15, 0.2) is 36.5 Å². The SMILES string of the molecule is c1ccc(-c2cn3nc(NC[C@@H]([C@H]4CCOC4)N4CCOCC4)sc3n2)cc1. The van der Waals surface area contributed by atoms with E-state index in [1.807, 2.05) is 28.9 Å². The van der Waals surface area contributed by atoms with Crippen LogP contribution in [0.2, 0.25) is 0 Å². The van der Waals surface area contributed by atoms with Gasteiger partial charge in [-0.25, -0.2) is 9.50 Å². The molecular formula is C20H25N5O2S. The third-order valence-electron chi connectivity index (χ3n) is 5.60. The van der Waals surface area contributed by atoms with Gasteiger partial charge in [0, 0.05) is 43.8 Å². The molecule has 5 rings (SSSR count). The van der Waals surface area contributed by atoms with E-state index in [1.54, 1.807) is 11.3 Å². The molecule has 0 spiro atoms. The number of rotatable bonds is 6. The number of fused-ring (bicyclic) bond motifs is 1. The van der Waals surface area contributed by atoms with Crippen LogP contribution in [0.1, 0.15) is 6.42 Å². The number of anilines is 1. The Morgan fingerprint density at radius 3 is 2.75 bits per heavy atom. The topological polar surface area (TPSA) is 63.9 Å². The number of hydrogen-bond acceptors (Lipinski definition) is 7. The molecule has 2 aliphatic heterocycles. The predicted molar refractivity (Wildman–Crippen MR) is 110 cm³/mol. The lowest BCUT2D eigenvalue weighted by molar-refractivity contribution is 0.00461. The zero-order valence-electron chi connectivity index (χ0n) is 15.8. The predicted octanol–water partition coefficient (Wildman–Crippen LogP) is 2.61. The summed E-state index contributed by atoms with van der Waals surface area (Å²) in [7, 11) is 0. The van der Waals surface area contributed by atoms with Gasteiger partial charge in [0.15, 0.2) is 0 Å². The van der Waals surface area contributed by atoms with E-state index in [-0.39, 0.29) is 0 Å². The number of ether oxygens (including phenoxy) is 2. The van der Waals surface area contributed by atoms with Gasteiger partial charge in [-0.05, 0) is 6.42 Å². The Balaban J connectivity index is 1.29. The smallest absolute Gasteiger partial charge is 0.214 e. The van der Waals surface area contributed by atoms with Crippen molar-refractivity contribution in [3.63, 3.8) is 0 Å². The minimum absolute atomic E-state index is 0.447. The molecule has 1 N–H and O–H groups in total. The summed E-state index contributed by atoms with van der Waals surface area (Å²) in [4.78, 5) is 8.18. The first-order valence-electron chi connectivity index (χ1n) is 9.92. The van der Waals surface area contributed by atoms with Crippen LogP contribution in [0.5, 0.6) is 0 Å². The van der Waals surface area contributed by atoms with Crippen molar-refractivity contribution in [2.75, 3.05) is 51.4 Å². The lowest BCUT2D eigenvalue weighted by Crippen LogP contribution is -2.50. The molecular weight excluding hydrogens is 374 g/mol. The van der Waals surface area contributed by atoms with E-state index in [0.717, 1.165) is 73.8 Å². The standard InChI is InChI=1S/C20H25N5O2S/c1-2-4-15(5-3-1)17-13-25-20(22-17)28-19(23-25)21-12-18(16-6-9-27-14-16)24-7-10-26-11-8-24/h1-5,13,16,18H,6-12,14H2,(H,21,23)/t16-,18-/m0/s1. The molecule has 2 aromatic heterocycles. The summed E-state index contributed by atoms with van der Waals surface area (Å²) in [5.74, 6) is 0.569. The molecule has 0 amide bonds. The molecule has 0 aliphatic carbocycles. The van der Waals surface area contributed by atoms with Crippen molar-refractivity contribution >= 4 is 21.4 Å². The summed E-state index contributed by atoms with van der Waals surface area (Å²) in [5, 5.41) is 9.17. The highest BCUT2D eigenvalue weighted by molar-refractivity contribution is 7.20. The Hall–Kier alpha value is -2.00. The number of nitrogens with zero attached hydrogens (tertiary/aromatic N) is 4. The largest absolute Gasteiger partial charge is 0.381 e. The van der Waals surface area contributed by atoms with Crippen LogP contribution >= 0.6 is 11.3 Å². The molecule has 148 valence electrons. The maximum Gasteiger partial charge on any atom is 0.214 e. The van der Waals surface area contributed by atoms with Gasteiger partial charge in [-0.2, -0.15) is 0 Å². The average molecular weight is 400 g/mol. The van der Waals surface area contributed by atoms with E-state index >= 15 is 0 Å². The van der Waals surface area contributed by atoms with Gasteiger partial charge in [-0.3, -0.25) is 4.90 Å². The zero-order valence-corrected chi connectivity index (χ0v) is 16.6. The third kappa shape index (κ3) is 3.77.